The Balaban J connectivity index is 1.62. The van der Waals surface area contributed by atoms with Crippen molar-refractivity contribution in [3.63, 3.8) is 0 Å². The first-order valence-corrected chi connectivity index (χ1v) is 6.63. The molecule has 1 aromatic heterocycles. The van der Waals surface area contributed by atoms with E-state index in [9.17, 15) is 9.90 Å². The topological polar surface area (TPSA) is 87.4 Å². The summed E-state index contributed by atoms with van der Waals surface area (Å²) in [5, 5.41) is 14.7. The Kier molecular flexibility index (Phi) is 3.10. The molecular weight excluding hydrogens is 258 g/mol. The highest BCUT2D eigenvalue weighted by atomic mass is 16.3. The van der Waals surface area contributed by atoms with E-state index in [1.807, 2.05) is 0 Å². The van der Waals surface area contributed by atoms with Crippen molar-refractivity contribution in [2.75, 3.05) is 18.5 Å². The maximum absolute atomic E-state index is 11.8. The lowest BCUT2D eigenvalue weighted by atomic mass is 10.1. The fourth-order valence-corrected chi connectivity index (χ4v) is 2.13. The van der Waals surface area contributed by atoms with Crippen LogP contribution < -0.4 is 10.6 Å². The van der Waals surface area contributed by atoms with Crippen LogP contribution in [0.1, 0.15) is 18.7 Å². The molecule has 6 nitrogen and oxygen atoms in total. The molecule has 1 aromatic carbocycles. The third-order valence-electron chi connectivity index (χ3n) is 3.67. The molecule has 6 heteroatoms. The third kappa shape index (κ3) is 2.60. The van der Waals surface area contributed by atoms with Crippen LogP contribution in [-0.2, 0) is 0 Å². The van der Waals surface area contributed by atoms with Crippen molar-refractivity contribution in [3.8, 4) is 0 Å². The molecule has 1 aliphatic rings. The van der Waals surface area contributed by atoms with Crippen LogP contribution in [0.2, 0.25) is 0 Å². The van der Waals surface area contributed by atoms with Gasteiger partial charge in [0.15, 0.2) is 11.5 Å². The maximum atomic E-state index is 11.8. The molecule has 3 rings (SSSR count). The lowest BCUT2D eigenvalue weighted by Gasteiger charge is -2.13. The second-order valence-corrected chi connectivity index (χ2v) is 5.38. The van der Waals surface area contributed by atoms with Crippen LogP contribution in [-0.4, -0.2) is 29.3 Å². The van der Waals surface area contributed by atoms with Crippen LogP contribution in [0.15, 0.2) is 22.6 Å². The molecule has 0 saturated heterocycles. The van der Waals surface area contributed by atoms with Crippen LogP contribution in [0.5, 0.6) is 0 Å². The number of fused-ring (bicyclic) bond motifs is 1. The van der Waals surface area contributed by atoms with Gasteiger partial charge in [-0.05, 0) is 31.0 Å². The number of anilines is 1. The van der Waals surface area contributed by atoms with Gasteiger partial charge in [-0.3, -0.25) is 0 Å². The first kappa shape index (κ1) is 12.9. The van der Waals surface area contributed by atoms with E-state index in [1.54, 1.807) is 25.1 Å². The normalized spacial score (nSPS) is 16.1. The van der Waals surface area contributed by atoms with Gasteiger partial charge in [-0.2, -0.15) is 0 Å². The number of oxazole rings is 1. The molecule has 1 saturated carbocycles. The molecule has 0 spiro atoms. The first-order valence-electron chi connectivity index (χ1n) is 6.63. The van der Waals surface area contributed by atoms with E-state index in [4.69, 9.17) is 4.42 Å². The second kappa shape index (κ2) is 4.79. The molecule has 0 bridgehead atoms. The monoisotopic (exact) mass is 275 g/mol. The van der Waals surface area contributed by atoms with Crippen molar-refractivity contribution in [1.29, 1.82) is 0 Å². The third-order valence-corrected chi connectivity index (χ3v) is 3.67. The fraction of sp³-hybridized carbons (Fsp3) is 0.429. The number of aliphatic hydroxyl groups excluding tert-OH is 1. The summed E-state index contributed by atoms with van der Waals surface area (Å²) in [5.74, 6) is 0.597. The Labute approximate surface area is 116 Å². The van der Waals surface area contributed by atoms with Crippen molar-refractivity contribution in [2.24, 2.45) is 5.41 Å². The number of urea groups is 1. The molecule has 1 fully saturated rings. The lowest BCUT2D eigenvalue weighted by Crippen LogP contribution is -2.35. The molecule has 2 aromatic rings. The van der Waals surface area contributed by atoms with Gasteiger partial charge in [0, 0.05) is 24.6 Å². The summed E-state index contributed by atoms with van der Waals surface area (Å²) < 4.78 is 5.38. The standard InChI is InChI=1S/C14H17N3O3/c1-9-16-11-6-10(2-3-12(11)20-9)17-13(19)15-7-14(8-18)4-5-14/h2-3,6,18H,4-5,7-8H2,1H3,(H2,15,17,19). The van der Waals surface area contributed by atoms with Crippen LogP contribution in [0.25, 0.3) is 11.1 Å². The molecule has 2 amide bonds. The Morgan fingerprint density at radius 3 is 3.00 bits per heavy atom. The molecule has 0 radical (unpaired) electrons. The quantitative estimate of drug-likeness (QED) is 0.796. The Morgan fingerprint density at radius 2 is 2.30 bits per heavy atom. The van der Waals surface area contributed by atoms with Crippen molar-refractivity contribution in [1.82, 2.24) is 10.3 Å². The number of carbonyl (C=O) groups is 1. The molecule has 20 heavy (non-hydrogen) atoms. The number of benzene rings is 1. The number of aliphatic hydroxyl groups is 1. The van der Waals surface area contributed by atoms with E-state index in [2.05, 4.69) is 15.6 Å². The largest absolute Gasteiger partial charge is 0.441 e. The summed E-state index contributed by atoms with van der Waals surface area (Å²) in [6, 6.07) is 5.04. The number of hydrogen-bond acceptors (Lipinski definition) is 4. The van der Waals surface area contributed by atoms with E-state index < -0.39 is 0 Å². The summed E-state index contributed by atoms with van der Waals surface area (Å²) in [5.41, 5.74) is 1.99. The van der Waals surface area contributed by atoms with E-state index in [-0.39, 0.29) is 18.1 Å². The molecule has 0 atom stereocenters. The fourth-order valence-electron chi connectivity index (χ4n) is 2.13. The second-order valence-electron chi connectivity index (χ2n) is 5.38. The highest BCUT2D eigenvalue weighted by Crippen LogP contribution is 2.44. The van der Waals surface area contributed by atoms with Gasteiger partial charge in [0.05, 0.1) is 6.61 Å². The molecule has 1 heterocycles. The molecule has 1 aliphatic carbocycles. The smallest absolute Gasteiger partial charge is 0.319 e. The predicted molar refractivity (Wildman–Crippen MR) is 74.5 cm³/mol. The SMILES string of the molecule is Cc1nc2cc(NC(=O)NCC3(CO)CC3)ccc2o1. The summed E-state index contributed by atoms with van der Waals surface area (Å²) in [7, 11) is 0. The lowest BCUT2D eigenvalue weighted by molar-refractivity contribution is 0.206. The van der Waals surface area contributed by atoms with Crippen LogP contribution in [0, 0.1) is 12.3 Å². The van der Waals surface area contributed by atoms with Crippen LogP contribution in [0.3, 0.4) is 0 Å². The highest BCUT2D eigenvalue weighted by molar-refractivity contribution is 5.91. The van der Waals surface area contributed by atoms with Crippen LogP contribution in [0.4, 0.5) is 10.5 Å². The van der Waals surface area contributed by atoms with Gasteiger partial charge in [0.25, 0.3) is 0 Å². The van der Waals surface area contributed by atoms with Gasteiger partial charge in [-0.25, -0.2) is 9.78 Å². The number of amides is 2. The van der Waals surface area contributed by atoms with E-state index in [0.717, 1.165) is 12.8 Å². The Morgan fingerprint density at radius 1 is 1.50 bits per heavy atom. The minimum Gasteiger partial charge on any atom is -0.441 e. The minimum absolute atomic E-state index is 0.0927. The van der Waals surface area contributed by atoms with Crippen molar-refractivity contribution in [2.45, 2.75) is 19.8 Å². The minimum atomic E-state index is -0.274. The molecule has 0 unspecified atom stereocenters. The van der Waals surface area contributed by atoms with E-state index in [1.165, 1.54) is 0 Å². The Hall–Kier alpha value is -2.08. The van der Waals surface area contributed by atoms with Gasteiger partial charge in [0.1, 0.15) is 5.52 Å². The first-order chi connectivity index (χ1) is 9.60. The molecule has 0 aliphatic heterocycles. The van der Waals surface area contributed by atoms with Gasteiger partial charge >= 0.3 is 6.03 Å². The van der Waals surface area contributed by atoms with Crippen LogP contribution >= 0.6 is 0 Å². The zero-order valence-corrected chi connectivity index (χ0v) is 11.3. The van der Waals surface area contributed by atoms with Gasteiger partial charge in [-0.15, -0.1) is 0 Å². The number of aromatic nitrogens is 1. The Bertz CT molecular complexity index is 646. The average Bonchev–Trinajstić information content (AvgIpc) is 3.11. The number of aryl methyl sites for hydroxylation is 1. The zero-order valence-electron chi connectivity index (χ0n) is 11.3. The number of rotatable bonds is 4. The van der Waals surface area contributed by atoms with Gasteiger partial charge < -0.3 is 20.2 Å². The summed E-state index contributed by atoms with van der Waals surface area (Å²) in [6.07, 6.45) is 1.93. The number of carbonyl (C=O) groups excluding carboxylic acids is 1. The summed E-state index contributed by atoms with van der Waals surface area (Å²) in [4.78, 5) is 16.0. The van der Waals surface area contributed by atoms with Crippen molar-refractivity contribution < 1.29 is 14.3 Å². The summed E-state index contributed by atoms with van der Waals surface area (Å²) in [6.45, 7) is 2.40. The number of hydrogen-bond donors (Lipinski definition) is 3. The van der Waals surface area contributed by atoms with Gasteiger partial charge in [0.2, 0.25) is 0 Å². The average molecular weight is 275 g/mol. The summed E-state index contributed by atoms with van der Waals surface area (Å²) >= 11 is 0. The maximum Gasteiger partial charge on any atom is 0.319 e. The van der Waals surface area contributed by atoms with Crippen molar-refractivity contribution >= 4 is 22.8 Å². The number of nitrogens with zero attached hydrogens (tertiary/aromatic N) is 1. The van der Waals surface area contributed by atoms with Gasteiger partial charge in [-0.1, -0.05) is 0 Å². The van der Waals surface area contributed by atoms with Crippen molar-refractivity contribution in [3.05, 3.63) is 24.1 Å². The van der Waals surface area contributed by atoms with E-state index >= 15 is 0 Å². The molecular formula is C14H17N3O3. The molecule has 106 valence electrons. The van der Waals surface area contributed by atoms with E-state index in [0.29, 0.717) is 29.2 Å². The predicted octanol–water partition coefficient (Wildman–Crippen LogP) is 2.03. The molecule has 3 N–H and O–H groups in total. The number of nitrogens with one attached hydrogen (secondary N) is 2. The zero-order chi connectivity index (χ0) is 14.2. The highest BCUT2D eigenvalue weighted by Gasteiger charge is 2.42.